The Hall–Kier alpha value is -1.59. The minimum atomic E-state index is -0.0566. The summed E-state index contributed by atoms with van der Waals surface area (Å²) in [6.07, 6.45) is 1.79. The van der Waals surface area contributed by atoms with Gasteiger partial charge in [0, 0.05) is 23.5 Å². The summed E-state index contributed by atoms with van der Waals surface area (Å²) in [4.78, 5) is 19.0. The number of rotatable bonds is 6. The molecule has 0 spiro atoms. The molecular formula is C16H20ClN3OS. The van der Waals surface area contributed by atoms with Crippen LogP contribution in [0.2, 0.25) is 5.02 Å². The number of benzene rings is 1. The standard InChI is InChI=1S/C16H20ClN3OS/c1-12-15(22-11-19-12)10-20(2)16(21)18-8-4-6-13-5-3-7-14(17)9-13/h3,5,7,9,11H,4,6,8,10H2,1-2H3,(H,18,21). The highest BCUT2D eigenvalue weighted by atomic mass is 35.5. The third kappa shape index (κ3) is 5.00. The maximum atomic E-state index is 12.0. The Bertz CT molecular complexity index is 629. The van der Waals surface area contributed by atoms with Crippen LogP contribution in [0.5, 0.6) is 0 Å². The molecule has 0 bridgehead atoms. The van der Waals surface area contributed by atoms with Crippen LogP contribution in [-0.4, -0.2) is 29.5 Å². The van der Waals surface area contributed by atoms with Crippen molar-refractivity contribution in [3.63, 3.8) is 0 Å². The van der Waals surface area contributed by atoms with E-state index in [2.05, 4.69) is 10.3 Å². The second-order valence-corrected chi connectivity index (χ2v) is 6.56. The van der Waals surface area contributed by atoms with Crippen LogP contribution in [0.25, 0.3) is 0 Å². The molecule has 1 aromatic carbocycles. The summed E-state index contributed by atoms with van der Waals surface area (Å²) in [5.41, 5.74) is 3.99. The van der Waals surface area contributed by atoms with Gasteiger partial charge in [-0.2, -0.15) is 0 Å². The number of halogens is 1. The van der Waals surface area contributed by atoms with Crippen molar-refractivity contribution in [2.24, 2.45) is 0 Å². The Morgan fingerprint density at radius 1 is 1.45 bits per heavy atom. The van der Waals surface area contributed by atoms with Gasteiger partial charge in [-0.25, -0.2) is 9.78 Å². The van der Waals surface area contributed by atoms with Crippen molar-refractivity contribution in [2.45, 2.75) is 26.3 Å². The molecule has 0 radical (unpaired) electrons. The van der Waals surface area contributed by atoms with Crippen molar-refractivity contribution < 1.29 is 4.79 Å². The number of nitrogens with zero attached hydrogens (tertiary/aromatic N) is 2. The molecule has 0 saturated carbocycles. The van der Waals surface area contributed by atoms with Crippen LogP contribution in [0.1, 0.15) is 22.6 Å². The highest BCUT2D eigenvalue weighted by molar-refractivity contribution is 7.09. The van der Waals surface area contributed by atoms with E-state index in [4.69, 9.17) is 11.6 Å². The molecule has 6 heteroatoms. The van der Waals surface area contributed by atoms with Crippen LogP contribution in [0.15, 0.2) is 29.8 Å². The van der Waals surface area contributed by atoms with E-state index in [1.54, 1.807) is 28.8 Å². The maximum Gasteiger partial charge on any atom is 0.317 e. The average Bonchev–Trinajstić information content (AvgIpc) is 2.88. The minimum absolute atomic E-state index is 0.0566. The SMILES string of the molecule is Cc1ncsc1CN(C)C(=O)NCCCc1cccc(Cl)c1. The van der Waals surface area contributed by atoms with Crippen LogP contribution in [0.3, 0.4) is 0 Å². The molecule has 0 saturated heterocycles. The Morgan fingerprint density at radius 2 is 2.27 bits per heavy atom. The van der Waals surface area contributed by atoms with Gasteiger partial charge < -0.3 is 10.2 Å². The lowest BCUT2D eigenvalue weighted by atomic mass is 10.1. The lowest BCUT2D eigenvalue weighted by Gasteiger charge is -2.17. The van der Waals surface area contributed by atoms with Gasteiger partial charge in [-0.15, -0.1) is 11.3 Å². The number of carbonyl (C=O) groups excluding carboxylic acids is 1. The number of amides is 2. The van der Waals surface area contributed by atoms with Crippen molar-refractivity contribution in [1.29, 1.82) is 0 Å². The van der Waals surface area contributed by atoms with E-state index < -0.39 is 0 Å². The molecule has 1 N–H and O–H groups in total. The zero-order valence-electron chi connectivity index (χ0n) is 12.8. The van der Waals surface area contributed by atoms with Crippen molar-refractivity contribution >= 4 is 29.0 Å². The Morgan fingerprint density at radius 3 is 2.95 bits per heavy atom. The van der Waals surface area contributed by atoms with E-state index in [1.807, 2.05) is 31.2 Å². The Labute approximate surface area is 140 Å². The molecule has 2 rings (SSSR count). The van der Waals surface area contributed by atoms with Crippen LogP contribution in [0, 0.1) is 6.92 Å². The van der Waals surface area contributed by atoms with Gasteiger partial charge in [0.2, 0.25) is 0 Å². The van der Waals surface area contributed by atoms with Gasteiger partial charge in [-0.1, -0.05) is 23.7 Å². The predicted octanol–water partition coefficient (Wildman–Crippen LogP) is 3.88. The van der Waals surface area contributed by atoms with Crippen molar-refractivity contribution in [3.05, 3.63) is 50.9 Å². The normalized spacial score (nSPS) is 10.5. The van der Waals surface area contributed by atoms with E-state index >= 15 is 0 Å². The summed E-state index contributed by atoms with van der Waals surface area (Å²) in [5, 5.41) is 3.69. The highest BCUT2D eigenvalue weighted by Gasteiger charge is 2.11. The second-order valence-electron chi connectivity index (χ2n) is 5.18. The average molecular weight is 338 g/mol. The van der Waals surface area contributed by atoms with Crippen molar-refractivity contribution in [3.8, 4) is 0 Å². The lowest BCUT2D eigenvalue weighted by Crippen LogP contribution is -2.37. The first-order valence-corrected chi connectivity index (χ1v) is 8.44. The molecule has 0 atom stereocenters. The molecule has 0 aliphatic heterocycles. The van der Waals surface area contributed by atoms with Gasteiger partial charge in [0.15, 0.2) is 0 Å². The fraction of sp³-hybridized carbons (Fsp3) is 0.375. The van der Waals surface area contributed by atoms with Gasteiger partial charge in [-0.3, -0.25) is 0 Å². The second kappa shape index (κ2) is 8.15. The molecule has 2 amide bonds. The number of aromatic nitrogens is 1. The molecular weight excluding hydrogens is 318 g/mol. The highest BCUT2D eigenvalue weighted by Crippen LogP contribution is 2.14. The summed E-state index contributed by atoms with van der Waals surface area (Å²) in [7, 11) is 1.80. The zero-order valence-corrected chi connectivity index (χ0v) is 14.4. The topological polar surface area (TPSA) is 45.2 Å². The molecule has 0 fully saturated rings. The molecule has 118 valence electrons. The number of hydrogen-bond donors (Lipinski definition) is 1. The van der Waals surface area contributed by atoms with Gasteiger partial charge >= 0.3 is 6.03 Å². The quantitative estimate of drug-likeness (QED) is 0.813. The molecule has 4 nitrogen and oxygen atoms in total. The lowest BCUT2D eigenvalue weighted by molar-refractivity contribution is 0.207. The van der Waals surface area contributed by atoms with Crippen molar-refractivity contribution in [2.75, 3.05) is 13.6 Å². The predicted molar refractivity (Wildman–Crippen MR) is 91.5 cm³/mol. The fourth-order valence-electron chi connectivity index (χ4n) is 2.08. The minimum Gasteiger partial charge on any atom is -0.338 e. The first-order chi connectivity index (χ1) is 10.6. The van der Waals surface area contributed by atoms with E-state index in [0.717, 1.165) is 28.4 Å². The summed E-state index contributed by atoms with van der Waals surface area (Å²) in [6.45, 7) is 3.20. The number of carbonyl (C=O) groups is 1. The van der Waals surface area contributed by atoms with Gasteiger partial charge in [0.25, 0.3) is 0 Å². The summed E-state index contributed by atoms with van der Waals surface area (Å²) in [6, 6.07) is 7.76. The first kappa shape index (κ1) is 16.8. The number of urea groups is 1. The Balaban J connectivity index is 1.70. The fourth-order valence-corrected chi connectivity index (χ4v) is 3.12. The van der Waals surface area contributed by atoms with Gasteiger partial charge in [0.05, 0.1) is 17.7 Å². The molecule has 0 aliphatic carbocycles. The molecule has 0 aliphatic rings. The summed E-state index contributed by atoms with van der Waals surface area (Å²) >= 11 is 7.53. The van der Waals surface area contributed by atoms with Gasteiger partial charge in [0.1, 0.15) is 0 Å². The number of aryl methyl sites for hydroxylation is 2. The maximum absolute atomic E-state index is 12.0. The van der Waals surface area contributed by atoms with Crippen LogP contribution >= 0.6 is 22.9 Å². The molecule has 22 heavy (non-hydrogen) atoms. The third-order valence-corrected chi connectivity index (χ3v) is 4.53. The first-order valence-electron chi connectivity index (χ1n) is 7.18. The zero-order chi connectivity index (χ0) is 15.9. The summed E-state index contributed by atoms with van der Waals surface area (Å²) < 4.78 is 0. The molecule has 0 unspecified atom stereocenters. The number of hydrogen-bond acceptors (Lipinski definition) is 3. The van der Waals surface area contributed by atoms with Crippen molar-refractivity contribution in [1.82, 2.24) is 15.2 Å². The Kier molecular flexibility index (Phi) is 6.21. The smallest absolute Gasteiger partial charge is 0.317 e. The summed E-state index contributed by atoms with van der Waals surface area (Å²) in [5.74, 6) is 0. The largest absolute Gasteiger partial charge is 0.338 e. The third-order valence-electron chi connectivity index (χ3n) is 3.38. The van der Waals surface area contributed by atoms with Gasteiger partial charge in [-0.05, 0) is 37.5 Å². The van der Waals surface area contributed by atoms with E-state index in [1.165, 1.54) is 5.56 Å². The van der Waals surface area contributed by atoms with Crippen LogP contribution < -0.4 is 5.32 Å². The number of thiazole rings is 1. The number of nitrogens with one attached hydrogen (secondary N) is 1. The monoisotopic (exact) mass is 337 g/mol. The van der Waals surface area contributed by atoms with Crippen LogP contribution in [-0.2, 0) is 13.0 Å². The molecule has 1 aromatic heterocycles. The molecule has 2 aromatic rings. The van der Waals surface area contributed by atoms with E-state index in [-0.39, 0.29) is 6.03 Å². The van der Waals surface area contributed by atoms with E-state index in [0.29, 0.717) is 13.1 Å². The van der Waals surface area contributed by atoms with Crippen LogP contribution in [0.4, 0.5) is 4.79 Å². The van der Waals surface area contributed by atoms with E-state index in [9.17, 15) is 4.79 Å². The molecule has 1 heterocycles.